The number of carboxylic acid groups (broad SMARTS) is 1. The molecule has 1 fully saturated rings. The summed E-state index contributed by atoms with van der Waals surface area (Å²) in [5.74, 6) is -2.91. The highest BCUT2D eigenvalue weighted by atomic mass is 19.1. The number of hydrogen-bond acceptors (Lipinski definition) is 8. The van der Waals surface area contributed by atoms with Crippen molar-refractivity contribution in [3.63, 3.8) is 0 Å². The van der Waals surface area contributed by atoms with Gasteiger partial charge in [-0.05, 0) is 54.1 Å². The molecule has 6 rings (SSSR count). The Labute approximate surface area is 277 Å². The summed E-state index contributed by atoms with van der Waals surface area (Å²) in [6.45, 7) is 0.300. The van der Waals surface area contributed by atoms with E-state index in [1.165, 1.54) is 61.6 Å². The molecule has 14 heteroatoms. The van der Waals surface area contributed by atoms with Gasteiger partial charge in [-0.3, -0.25) is 0 Å². The van der Waals surface area contributed by atoms with Gasteiger partial charge in [-0.2, -0.15) is 5.26 Å². The molecule has 0 aliphatic carbocycles. The Bertz CT molecular complexity index is 2140. The highest BCUT2D eigenvalue weighted by Gasteiger charge is 2.47. The van der Waals surface area contributed by atoms with Crippen LogP contribution in [0.5, 0.6) is 5.88 Å². The lowest BCUT2D eigenvalue weighted by molar-refractivity contribution is -0.122. The number of carbonyl (C=O) groups is 2. The Morgan fingerprint density at radius 1 is 0.959 bits per heavy atom. The third-order valence-corrected chi connectivity index (χ3v) is 8.39. The van der Waals surface area contributed by atoms with Gasteiger partial charge in [0, 0.05) is 30.7 Å². The zero-order valence-corrected chi connectivity index (χ0v) is 26.2. The molecular formula is C35H28F3N5O6. The fourth-order valence-corrected chi connectivity index (χ4v) is 5.73. The Hall–Kier alpha value is -5.94. The van der Waals surface area contributed by atoms with Crippen LogP contribution in [0.4, 0.5) is 18.0 Å². The van der Waals surface area contributed by atoms with Crippen LogP contribution in [0.25, 0.3) is 22.3 Å². The van der Waals surface area contributed by atoms with Crippen LogP contribution >= 0.6 is 0 Å². The fourth-order valence-electron chi connectivity index (χ4n) is 5.73. The first-order chi connectivity index (χ1) is 23.5. The molecule has 3 heterocycles. The van der Waals surface area contributed by atoms with E-state index in [4.69, 9.17) is 19.5 Å². The van der Waals surface area contributed by atoms with Gasteiger partial charge in [-0.15, -0.1) is 0 Å². The average Bonchev–Trinajstić information content (AvgIpc) is 3.42. The van der Waals surface area contributed by atoms with Crippen molar-refractivity contribution in [3.8, 4) is 23.2 Å². The molecule has 11 nitrogen and oxygen atoms in total. The first-order valence-electron chi connectivity index (χ1n) is 14.9. The van der Waals surface area contributed by atoms with E-state index in [0.29, 0.717) is 16.9 Å². The third kappa shape index (κ3) is 6.61. The van der Waals surface area contributed by atoms with Crippen LogP contribution in [0.2, 0.25) is 0 Å². The van der Waals surface area contributed by atoms with E-state index in [1.807, 2.05) is 6.07 Å². The van der Waals surface area contributed by atoms with Gasteiger partial charge in [-0.1, -0.05) is 12.1 Å². The zero-order chi connectivity index (χ0) is 34.9. The third-order valence-electron chi connectivity index (χ3n) is 8.39. The minimum Gasteiger partial charge on any atom is -0.478 e. The summed E-state index contributed by atoms with van der Waals surface area (Å²) in [6, 6.07) is 16.8. The van der Waals surface area contributed by atoms with Crippen molar-refractivity contribution in [2.75, 3.05) is 27.3 Å². The van der Waals surface area contributed by atoms with Crippen LogP contribution < -0.4 is 4.74 Å². The highest BCUT2D eigenvalue weighted by molar-refractivity contribution is 5.92. The SMILES string of the molecule is COC(=O)N1CC(Cn2c(Cc3cc(F)c(-c4cccc(OCc5ccc(C#N)cc5F)n4)cc3F)nc3ccc(C(=O)O)cc32)(OC)C1. The van der Waals surface area contributed by atoms with E-state index in [-0.39, 0.29) is 72.1 Å². The molecule has 0 spiro atoms. The van der Waals surface area contributed by atoms with Crippen LogP contribution in [0.15, 0.2) is 66.7 Å². The number of methoxy groups -OCH3 is 2. The van der Waals surface area contributed by atoms with Gasteiger partial charge < -0.3 is 28.8 Å². The Morgan fingerprint density at radius 3 is 2.43 bits per heavy atom. The quantitative estimate of drug-likeness (QED) is 0.197. The minimum absolute atomic E-state index is 0.0128. The molecule has 5 aromatic rings. The molecule has 1 aliphatic rings. The second kappa shape index (κ2) is 13.3. The number of likely N-dealkylation sites (tertiary alicyclic amines) is 1. The number of halogens is 3. The summed E-state index contributed by atoms with van der Waals surface area (Å²) in [7, 11) is 2.76. The van der Waals surface area contributed by atoms with Crippen LogP contribution in [-0.4, -0.2) is 69.5 Å². The number of fused-ring (bicyclic) bond motifs is 1. The van der Waals surface area contributed by atoms with Crippen molar-refractivity contribution in [2.45, 2.75) is 25.2 Å². The molecule has 1 N–H and O–H groups in total. The molecule has 0 bridgehead atoms. The van der Waals surface area contributed by atoms with E-state index in [1.54, 1.807) is 10.6 Å². The highest BCUT2D eigenvalue weighted by Crippen LogP contribution is 2.32. The number of aromatic nitrogens is 3. The molecule has 49 heavy (non-hydrogen) atoms. The van der Waals surface area contributed by atoms with Crippen LogP contribution in [0, 0.1) is 28.8 Å². The van der Waals surface area contributed by atoms with E-state index >= 15 is 8.78 Å². The normalized spacial score (nSPS) is 13.5. The molecule has 0 atom stereocenters. The number of ether oxygens (including phenoxy) is 3. The molecule has 0 unspecified atom stereocenters. The minimum atomic E-state index is -1.15. The number of nitrogens with zero attached hydrogens (tertiary/aromatic N) is 5. The molecule has 1 amide bonds. The predicted molar refractivity (Wildman–Crippen MR) is 168 cm³/mol. The number of rotatable bonds is 10. The topological polar surface area (TPSA) is 140 Å². The van der Waals surface area contributed by atoms with E-state index in [0.717, 1.165) is 18.2 Å². The van der Waals surface area contributed by atoms with Crippen molar-refractivity contribution in [1.82, 2.24) is 19.4 Å². The summed E-state index contributed by atoms with van der Waals surface area (Å²) in [5.41, 5.74) is 0.312. The number of benzene rings is 3. The van der Waals surface area contributed by atoms with Crippen LogP contribution in [-0.2, 0) is 29.0 Å². The van der Waals surface area contributed by atoms with Crippen molar-refractivity contribution in [2.24, 2.45) is 0 Å². The van der Waals surface area contributed by atoms with Crippen molar-refractivity contribution >= 4 is 23.1 Å². The van der Waals surface area contributed by atoms with Gasteiger partial charge >= 0.3 is 12.1 Å². The second-order valence-electron chi connectivity index (χ2n) is 11.5. The fraction of sp³-hybridized carbons (Fsp3) is 0.229. The van der Waals surface area contributed by atoms with Crippen molar-refractivity contribution in [1.29, 1.82) is 5.26 Å². The zero-order valence-electron chi connectivity index (χ0n) is 26.2. The first kappa shape index (κ1) is 33.0. The van der Waals surface area contributed by atoms with Gasteiger partial charge in [0.1, 0.15) is 35.5 Å². The monoisotopic (exact) mass is 671 g/mol. The number of carbonyl (C=O) groups excluding carboxylic acids is 1. The summed E-state index contributed by atoms with van der Waals surface area (Å²) in [5, 5.41) is 18.5. The summed E-state index contributed by atoms with van der Waals surface area (Å²) in [4.78, 5) is 34.1. The number of carboxylic acids is 1. The number of pyridine rings is 1. The Kier molecular flexibility index (Phi) is 8.94. The number of aromatic carboxylic acids is 1. The summed E-state index contributed by atoms with van der Waals surface area (Å²) < 4.78 is 63.5. The molecule has 1 saturated heterocycles. The predicted octanol–water partition coefficient (Wildman–Crippen LogP) is 5.72. The van der Waals surface area contributed by atoms with Crippen molar-refractivity contribution in [3.05, 3.63) is 112 Å². The van der Waals surface area contributed by atoms with E-state index < -0.39 is 35.1 Å². The van der Waals surface area contributed by atoms with Gasteiger partial charge in [0.2, 0.25) is 5.88 Å². The number of amides is 1. The van der Waals surface area contributed by atoms with Gasteiger partial charge in [0.05, 0.1) is 60.7 Å². The molecule has 2 aromatic heterocycles. The number of nitriles is 1. The lowest BCUT2D eigenvalue weighted by Gasteiger charge is -2.48. The van der Waals surface area contributed by atoms with Gasteiger partial charge in [-0.25, -0.2) is 32.7 Å². The molecule has 250 valence electrons. The average molecular weight is 672 g/mol. The molecule has 0 radical (unpaired) electrons. The Balaban J connectivity index is 1.28. The maximum absolute atomic E-state index is 15.7. The maximum atomic E-state index is 15.7. The standard InChI is InChI=1S/C35H28F3N5O6/c1-47-34(46)42-17-35(18-42,48-2)19-43-30-12-21(33(44)45)8-9-29(30)40-31(43)13-23-11-27(38)24(14-26(23)37)28-4-3-5-32(41-28)49-16-22-7-6-20(15-39)10-25(22)36/h3-12,14H,13,16-19H2,1-2H3,(H,44,45). The first-order valence-corrected chi connectivity index (χ1v) is 14.9. The summed E-state index contributed by atoms with van der Waals surface area (Å²) in [6.07, 6.45) is -0.686. The van der Waals surface area contributed by atoms with Gasteiger partial charge in [0.15, 0.2) is 0 Å². The van der Waals surface area contributed by atoms with E-state index in [2.05, 4.69) is 9.97 Å². The lowest BCUT2D eigenvalue weighted by atomic mass is 9.93. The molecular weight excluding hydrogens is 643 g/mol. The van der Waals surface area contributed by atoms with E-state index in [9.17, 15) is 19.1 Å². The second-order valence-corrected chi connectivity index (χ2v) is 11.5. The molecule has 1 aliphatic heterocycles. The largest absolute Gasteiger partial charge is 0.478 e. The lowest BCUT2D eigenvalue weighted by Crippen LogP contribution is -2.66. The van der Waals surface area contributed by atoms with Gasteiger partial charge in [0.25, 0.3) is 0 Å². The van der Waals surface area contributed by atoms with Crippen molar-refractivity contribution < 1.29 is 42.1 Å². The summed E-state index contributed by atoms with van der Waals surface area (Å²) >= 11 is 0. The Morgan fingerprint density at radius 2 is 1.73 bits per heavy atom. The van der Waals surface area contributed by atoms with Crippen LogP contribution in [0.3, 0.4) is 0 Å². The number of imidazole rings is 1. The smallest absolute Gasteiger partial charge is 0.409 e. The number of hydrogen-bond donors (Lipinski definition) is 1. The van der Waals surface area contributed by atoms with Crippen LogP contribution in [0.1, 0.15) is 32.9 Å². The maximum Gasteiger partial charge on any atom is 0.409 e. The molecule has 0 saturated carbocycles. The molecule has 3 aromatic carbocycles.